The van der Waals surface area contributed by atoms with E-state index in [1.54, 1.807) is 0 Å². The van der Waals surface area contributed by atoms with Crippen LogP contribution in [0.5, 0.6) is 0 Å². The monoisotopic (exact) mass is 568 g/mol. The normalized spacial score (nSPS) is 14.0. The van der Waals surface area contributed by atoms with Gasteiger partial charge in [-0.25, -0.2) is 0 Å². The molecule has 0 amide bonds. The van der Waals surface area contributed by atoms with Crippen LogP contribution in [0, 0.1) is 0 Å². The second-order valence-electron chi connectivity index (χ2n) is 9.12. The van der Waals surface area contributed by atoms with E-state index < -0.39 is 31.1 Å². The number of benzene rings is 4. The van der Waals surface area contributed by atoms with Gasteiger partial charge in [-0.2, -0.15) is 0 Å². The summed E-state index contributed by atoms with van der Waals surface area (Å²) in [7, 11) is 0. The summed E-state index contributed by atoms with van der Waals surface area (Å²) in [6.45, 7) is 2.85. The average Bonchev–Trinajstić information content (AvgIpc) is 3.37. The number of fused-ring (bicyclic) bond motifs is 6. The van der Waals surface area contributed by atoms with Gasteiger partial charge in [0, 0.05) is 0 Å². The number of hydrogen-bond acceptors (Lipinski definition) is 4. The van der Waals surface area contributed by atoms with Crippen LogP contribution >= 0.6 is 0 Å². The third kappa shape index (κ3) is 3.34. The Hall–Kier alpha value is -3.38. The number of carbonyl (C=O) groups excluding carboxylic acids is 2. The molecule has 2 aliphatic rings. The van der Waals surface area contributed by atoms with Crippen LogP contribution in [0.4, 0.5) is 0 Å². The van der Waals surface area contributed by atoms with Gasteiger partial charge in [-0.3, -0.25) is 0 Å². The van der Waals surface area contributed by atoms with E-state index in [-0.39, 0.29) is 7.87 Å². The molecule has 0 unspecified atom stereocenters. The Bertz CT molecular complexity index is 1290. The summed E-state index contributed by atoms with van der Waals surface area (Å²) in [4.78, 5) is 25.7. The predicted molar refractivity (Wildman–Crippen MR) is 137 cm³/mol. The first-order chi connectivity index (χ1) is 17.0. The third-order valence-corrected chi connectivity index (χ3v) is 18.7. The van der Waals surface area contributed by atoms with Crippen LogP contribution in [0.1, 0.15) is 44.0 Å². The van der Waals surface area contributed by atoms with Gasteiger partial charge in [0.2, 0.25) is 0 Å². The molecule has 5 heteroatoms. The Balaban J connectivity index is 1.71. The van der Waals surface area contributed by atoms with Crippen LogP contribution < -0.4 is 0 Å². The SMILES string of the molecule is CC(=O)[O][Sn]([O]C(C)=O)([CH]1c2ccccc2-c2ccccc21)[CH]1c2ccccc2-c2ccccc21. The van der Waals surface area contributed by atoms with Crippen molar-refractivity contribution in [3.63, 3.8) is 0 Å². The first-order valence-electron chi connectivity index (χ1n) is 11.8. The molecule has 6 rings (SSSR count). The van der Waals surface area contributed by atoms with Crippen molar-refractivity contribution in [2.24, 2.45) is 0 Å². The molecule has 0 saturated heterocycles. The second-order valence-corrected chi connectivity index (χ2v) is 17.7. The first-order valence-corrected chi connectivity index (χ1v) is 17.4. The zero-order chi connectivity index (χ0) is 24.2. The first kappa shape index (κ1) is 22.1. The Labute approximate surface area is 209 Å². The molecular formula is C30H24O4Sn. The topological polar surface area (TPSA) is 52.6 Å². The van der Waals surface area contributed by atoms with E-state index in [1.807, 2.05) is 48.5 Å². The summed E-state index contributed by atoms with van der Waals surface area (Å²) in [6, 6.07) is 32.9. The molecule has 2 aliphatic carbocycles. The van der Waals surface area contributed by atoms with E-state index in [4.69, 9.17) is 6.15 Å². The van der Waals surface area contributed by atoms with Crippen LogP contribution in [0.2, 0.25) is 0 Å². The van der Waals surface area contributed by atoms with Gasteiger partial charge in [0.15, 0.2) is 0 Å². The quantitative estimate of drug-likeness (QED) is 0.274. The zero-order valence-corrected chi connectivity index (χ0v) is 22.4. The van der Waals surface area contributed by atoms with Gasteiger partial charge in [0.1, 0.15) is 0 Å². The van der Waals surface area contributed by atoms with Crippen molar-refractivity contribution >= 4 is 31.1 Å². The molecule has 0 radical (unpaired) electrons. The van der Waals surface area contributed by atoms with Crippen molar-refractivity contribution in [2.45, 2.75) is 21.7 Å². The van der Waals surface area contributed by atoms with Crippen LogP contribution in [0.3, 0.4) is 0 Å². The number of rotatable bonds is 4. The van der Waals surface area contributed by atoms with Crippen LogP contribution in [-0.4, -0.2) is 31.1 Å². The van der Waals surface area contributed by atoms with Gasteiger partial charge < -0.3 is 0 Å². The molecule has 0 aliphatic heterocycles. The molecule has 35 heavy (non-hydrogen) atoms. The summed E-state index contributed by atoms with van der Waals surface area (Å²) < 4.78 is 12.3. The minimum absolute atomic E-state index is 0.297. The number of carbonyl (C=O) groups is 2. The summed E-state index contributed by atoms with van der Waals surface area (Å²) >= 11 is -4.85. The van der Waals surface area contributed by atoms with E-state index in [2.05, 4.69) is 48.5 Å². The summed E-state index contributed by atoms with van der Waals surface area (Å²) in [5.41, 5.74) is 8.67. The molecule has 0 fully saturated rings. The van der Waals surface area contributed by atoms with Crippen molar-refractivity contribution < 1.29 is 15.7 Å². The van der Waals surface area contributed by atoms with E-state index in [0.29, 0.717) is 0 Å². The predicted octanol–water partition coefficient (Wildman–Crippen LogP) is 6.26. The molecule has 0 spiro atoms. The summed E-state index contributed by atoms with van der Waals surface area (Å²) in [6.07, 6.45) is 0. The van der Waals surface area contributed by atoms with Crippen LogP contribution in [0.25, 0.3) is 22.3 Å². The summed E-state index contributed by atoms with van der Waals surface area (Å²) in [5, 5.41) is 0. The summed E-state index contributed by atoms with van der Waals surface area (Å²) in [5.74, 6) is -0.823. The molecule has 0 saturated carbocycles. The molecule has 0 bridgehead atoms. The Morgan fingerprint density at radius 1 is 0.514 bits per heavy atom. The van der Waals surface area contributed by atoms with E-state index >= 15 is 0 Å². The van der Waals surface area contributed by atoms with Crippen molar-refractivity contribution in [1.82, 2.24) is 0 Å². The van der Waals surface area contributed by atoms with Crippen molar-refractivity contribution in [3.8, 4) is 22.3 Å². The van der Waals surface area contributed by atoms with Crippen molar-refractivity contribution in [1.29, 1.82) is 0 Å². The molecule has 4 aromatic carbocycles. The van der Waals surface area contributed by atoms with Gasteiger partial charge >= 0.3 is 210 Å². The number of hydrogen-bond donors (Lipinski definition) is 0. The molecular weight excluding hydrogens is 543 g/mol. The van der Waals surface area contributed by atoms with E-state index in [0.717, 1.165) is 44.5 Å². The Kier molecular flexibility index (Phi) is 5.29. The Morgan fingerprint density at radius 2 is 0.771 bits per heavy atom. The fourth-order valence-electron chi connectivity index (χ4n) is 6.05. The zero-order valence-electron chi connectivity index (χ0n) is 19.5. The minimum atomic E-state index is -4.85. The van der Waals surface area contributed by atoms with Gasteiger partial charge in [-0.05, 0) is 0 Å². The molecule has 172 valence electrons. The molecule has 0 aromatic heterocycles. The molecule has 4 nitrogen and oxygen atoms in total. The van der Waals surface area contributed by atoms with E-state index in [1.165, 1.54) is 13.8 Å². The maximum absolute atomic E-state index is 12.8. The maximum atomic E-state index is 12.8. The Morgan fingerprint density at radius 3 is 1.03 bits per heavy atom. The average molecular weight is 567 g/mol. The van der Waals surface area contributed by atoms with Crippen molar-refractivity contribution in [3.05, 3.63) is 119 Å². The molecule has 4 aromatic rings. The standard InChI is InChI=1S/2C13H9.2C2H4O2.Sn/c2*1-3-7-12-10(5-1)9-11-6-2-4-8-13(11)12;2*1-2(3)4;/h2*1-9H;2*1H3,(H,3,4);/q;;;;+2/p-2. The van der Waals surface area contributed by atoms with Gasteiger partial charge in [0.05, 0.1) is 0 Å². The fourth-order valence-corrected chi connectivity index (χ4v) is 18.9. The fraction of sp³-hybridized carbons (Fsp3) is 0.133. The molecule has 0 atom stereocenters. The van der Waals surface area contributed by atoms with Crippen molar-refractivity contribution in [2.75, 3.05) is 0 Å². The van der Waals surface area contributed by atoms with Gasteiger partial charge in [0.25, 0.3) is 0 Å². The van der Waals surface area contributed by atoms with Crippen LogP contribution in [-0.2, 0) is 15.7 Å². The third-order valence-electron chi connectivity index (χ3n) is 7.08. The molecule has 0 heterocycles. The second kappa shape index (κ2) is 8.38. The van der Waals surface area contributed by atoms with E-state index in [9.17, 15) is 9.59 Å². The van der Waals surface area contributed by atoms with Gasteiger partial charge in [-0.1, -0.05) is 0 Å². The van der Waals surface area contributed by atoms with Crippen LogP contribution in [0.15, 0.2) is 97.1 Å². The van der Waals surface area contributed by atoms with Gasteiger partial charge in [-0.15, -0.1) is 0 Å². The molecule has 0 N–H and O–H groups in total.